The van der Waals surface area contributed by atoms with Gasteiger partial charge in [0.15, 0.2) is 0 Å². The number of hydrogen-bond donors (Lipinski definition) is 2. The molecule has 1 aromatic rings. The summed E-state index contributed by atoms with van der Waals surface area (Å²) in [6, 6.07) is 1.72. The van der Waals surface area contributed by atoms with E-state index in [-0.39, 0.29) is 24.3 Å². The molecule has 0 spiro atoms. The lowest BCUT2D eigenvalue weighted by atomic mass is 10.2. The van der Waals surface area contributed by atoms with Gasteiger partial charge in [0.25, 0.3) is 0 Å². The topological polar surface area (TPSA) is 54.0 Å². The van der Waals surface area contributed by atoms with Crippen LogP contribution in [-0.2, 0) is 11.0 Å². The van der Waals surface area contributed by atoms with Crippen LogP contribution in [0.1, 0.15) is 19.4 Å². The van der Waals surface area contributed by atoms with Crippen LogP contribution >= 0.6 is 0 Å². The molecule has 0 bridgehead atoms. The van der Waals surface area contributed by atoms with Gasteiger partial charge in [0.1, 0.15) is 5.82 Å². The molecule has 0 unspecified atom stereocenters. The Morgan fingerprint density at radius 1 is 1.44 bits per heavy atom. The minimum atomic E-state index is -4.42. The summed E-state index contributed by atoms with van der Waals surface area (Å²) in [7, 11) is 0. The van der Waals surface area contributed by atoms with Gasteiger partial charge in [-0.2, -0.15) is 13.2 Å². The van der Waals surface area contributed by atoms with E-state index < -0.39 is 11.7 Å². The summed E-state index contributed by atoms with van der Waals surface area (Å²) in [5, 5.41) is 5.15. The predicted octanol–water partition coefficient (Wildman–Crippen LogP) is 2.04. The average Bonchev–Trinajstić information content (AvgIpc) is 2.25. The van der Waals surface area contributed by atoms with Crippen LogP contribution in [0, 0.1) is 0 Å². The molecular weight excluding hydrogens is 247 g/mol. The predicted molar refractivity (Wildman–Crippen MR) is 61.0 cm³/mol. The van der Waals surface area contributed by atoms with Gasteiger partial charge < -0.3 is 10.6 Å². The van der Waals surface area contributed by atoms with Crippen molar-refractivity contribution in [2.24, 2.45) is 0 Å². The lowest BCUT2D eigenvalue weighted by molar-refractivity contribution is -0.137. The number of nitrogens with zero attached hydrogens (tertiary/aromatic N) is 1. The summed E-state index contributed by atoms with van der Waals surface area (Å²) >= 11 is 0. The third-order valence-corrected chi connectivity index (χ3v) is 1.97. The molecule has 1 amide bonds. The fourth-order valence-electron chi connectivity index (χ4n) is 1.25. The molecule has 0 aliphatic rings. The number of hydrogen-bond acceptors (Lipinski definition) is 3. The van der Waals surface area contributed by atoms with Gasteiger partial charge in [-0.05, 0) is 26.0 Å². The minimum absolute atomic E-state index is 0.0173. The maximum atomic E-state index is 12.4. The van der Waals surface area contributed by atoms with E-state index >= 15 is 0 Å². The van der Waals surface area contributed by atoms with Crippen LogP contribution in [0.4, 0.5) is 19.0 Å². The smallest absolute Gasteiger partial charge is 0.361 e. The molecule has 1 aromatic heterocycles. The number of amides is 1. The summed E-state index contributed by atoms with van der Waals surface area (Å²) in [6.45, 7) is 3.47. The zero-order chi connectivity index (χ0) is 13.8. The van der Waals surface area contributed by atoms with Gasteiger partial charge in [0, 0.05) is 12.2 Å². The van der Waals surface area contributed by atoms with Crippen LogP contribution in [0.5, 0.6) is 0 Å². The largest absolute Gasteiger partial charge is 0.416 e. The lowest BCUT2D eigenvalue weighted by Gasteiger charge is -2.11. The molecule has 0 fully saturated rings. The third kappa shape index (κ3) is 4.60. The highest BCUT2D eigenvalue weighted by Crippen LogP contribution is 2.29. The average molecular weight is 261 g/mol. The van der Waals surface area contributed by atoms with Gasteiger partial charge in [0.2, 0.25) is 5.91 Å². The Balaban J connectivity index is 2.61. The Labute approximate surface area is 103 Å². The van der Waals surface area contributed by atoms with Crippen molar-refractivity contribution in [3.05, 3.63) is 23.9 Å². The number of carbonyl (C=O) groups is 1. The Bertz CT molecular complexity index is 418. The molecule has 2 N–H and O–H groups in total. The van der Waals surface area contributed by atoms with Crippen LogP contribution < -0.4 is 10.6 Å². The number of rotatable bonds is 4. The van der Waals surface area contributed by atoms with Crippen molar-refractivity contribution in [3.8, 4) is 0 Å². The molecule has 4 nitrogen and oxygen atoms in total. The highest BCUT2D eigenvalue weighted by atomic mass is 19.4. The number of nitrogens with one attached hydrogen (secondary N) is 2. The van der Waals surface area contributed by atoms with Gasteiger partial charge in [-0.3, -0.25) is 4.79 Å². The third-order valence-electron chi connectivity index (χ3n) is 1.97. The molecule has 1 heterocycles. The fourth-order valence-corrected chi connectivity index (χ4v) is 1.25. The van der Waals surface area contributed by atoms with Crippen LogP contribution in [-0.4, -0.2) is 23.5 Å². The van der Waals surface area contributed by atoms with Crippen LogP contribution in [0.25, 0.3) is 0 Å². The minimum Gasteiger partial charge on any atom is -0.361 e. The quantitative estimate of drug-likeness (QED) is 0.872. The number of aromatic nitrogens is 1. The SMILES string of the molecule is CC(C)NC(=O)CNc1cc(C(F)(F)F)ccn1. The summed E-state index contributed by atoms with van der Waals surface area (Å²) in [5.74, 6) is -0.284. The first-order valence-electron chi connectivity index (χ1n) is 5.35. The van der Waals surface area contributed by atoms with E-state index in [1.165, 1.54) is 0 Å². The van der Waals surface area contributed by atoms with Gasteiger partial charge in [-0.25, -0.2) is 4.98 Å². The van der Waals surface area contributed by atoms with Gasteiger partial charge in [-0.15, -0.1) is 0 Å². The summed E-state index contributed by atoms with van der Waals surface area (Å²) in [6.07, 6.45) is -3.37. The van der Waals surface area contributed by atoms with E-state index in [9.17, 15) is 18.0 Å². The number of carbonyl (C=O) groups excluding carboxylic acids is 1. The Hall–Kier alpha value is -1.79. The standard InChI is InChI=1S/C11H14F3N3O/c1-7(2)17-10(18)6-16-9-5-8(3-4-15-9)11(12,13)14/h3-5,7H,6H2,1-2H3,(H,15,16)(H,17,18). The highest BCUT2D eigenvalue weighted by Gasteiger charge is 2.30. The monoisotopic (exact) mass is 261 g/mol. The van der Waals surface area contributed by atoms with Crippen molar-refractivity contribution in [1.29, 1.82) is 0 Å². The molecule has 18 heavy (non-hydrogen) atoms. The zero-order valence-corrected chi connectivity index (χ0v) is 10.0. The molecule has 0 saturated heterocycles. The van der Waals surface area contributed by atoms with Gasteiger partial charge in [0.05, 0.1) is 12.1 Å². The van der Waals surface area contributed by atoms with Crippen molar-refractivity contribution in [2.75, 3.05) is 11.9 Å². The van der Waals surface area contributed by atoms with E-state index in [0.29, 0.717) is 0 Å². The maximum Gasteiger partial charge on any atom is 0.416 e. The van der Waals surface area contributed by atoms with E-state index in [2.05, 4.69) is 15.6 Å². The maximum absolute atomic E-state index is 12.4. The molecular formula is C11H14F3N3O. The first-order chi connectivity index (χ1) is 8.29. The summed E-state index contributed by atoms with van der Waals surface area (Å²) in [4.78, 5) is 15.0. The molecule has 0 aromatic carbocycles. The molecule has 0 saturated carbocycles. The second-order valence-corrected chi connectivity index (χ2v) is 4.00. The van der Waals surface area contributed by atoms with Crippen molar-refractivity contribution in [1.82, 2.24) is 10.3 Å². The van der Waals surface area contributed by atoms with E-state index in [1.807, 2.05) is 0 Å². The summed E-state index contributed by atoms with van der Waals surface area (Å²) in [5.41, 5.74) is -0.802. The first-order valence-corrected chi connectivity index (χ1v) is 5.35. The fraction of sp³-hybridized carbons (Fsp3) is 0.455. The Kier molecular flexibility index (Phi) is 4.52. The molecule has 0 radical (unpaired) electrons. The second-order valence-electron chi connectivity index (χ2n) is 4.00. The number of anilines is 1. The van der Waals surface area contributed by atoms with Crippen LogP contribution in [0.3, 0.4) is 0 Å². The first kappa shape index (κ1) is 14.3. The Morgan fingerprint density at radius 3 is 2.67 bits per heavy atom. The molecule has 100 valence electrons. The van der Waals surface area contributed by atoms with Crippen molar-refractivity contribution in [2.45, 2.75) is 26.1 Å². The van der Waals surface area contributed by atoms with E-state index in [0.717, 1.165) is 18.3 Å². The molecule has 0 aliphatic carbocycles. The number of pyridine rings is 1. The Morgan fingerprint density at radius 2 is 2.11 bits per heavy atom. The zero-order valence-electron chi connectivity index (χ0n) is 10.0. The second kappa shape index (κ2) is 5.70. The van der Waals surface area contributed by atoms with E-state index in [4.69, 9.17) is 0 Å². The van der Waals surface area contributed by atoms with Crippen molar-refractivity contribution < 1.29 is 18.0 Å². The van der Waals surface area contributed by atoms with Crippen molar-refractivity contribution in [3.63, 3.8) is 0 Å². The molecule has 0 aliphatic heterocycles. The van der Waals surface area contributed by atoms with Crippen molar-refractivity contribution >= 4 is 11.7 Å². The summed E-state index contributed by atoms with van der Waals surface area (Å²) < 4.78 is 37.2. The number of halogens is 3. The van der Waals surface area contributed by atoms with E-state index in [1.54, 1.807) is 13.8 Å². The van der Waals surface area contributed by atoms with Crippen LogP contribution in [0.2, 0.25) is 0 Å². The highest BCUT2D eigenvalue weighted by molar-refractivity contribution is 5.80. The molecule has 1 rings (SSSR count). The normalized spacial score (nSPS) is 11.4. The molecule has 7 heteroatoms. The van der Waals surface area contributed by atoms with Crippen LogP contribution in [0.15, 0.2) is 18.3 Å². The molecule has 0 atom stereocenters. The lowest BCUT2D eigenvalue weighted by Crippen LogP contribution is -2.35. The van der Waals surface area contributed by atoms with Gasteiger partial charge >= 0.3 is 6.18 Å². The number of alkyl halides is 3. The van der Waals surface area contributed by atoms with Gasteiger partial charge in [-0.1, -0.05) is 0 Å².